The van der Waals surface area contributed by atoms with Gasteiger partial charge < -0.3 is 5.11 Å². The number of rotatable bonds is 7. The van der Waals surface area contributed by atoms with Crippen molar-refractivity contribution in [2.75, 3.05) is 0 Å². The van der Waals surface area contributed by atoms with E-state index in [2.05, 4.69) is 6.92 Å². The lowest BCUT2D eigenvalue weighted by molar-refractivity contribution is 0.164. The van der Waals surface area contributed by atoms with Crippen molar-refractivity contribution < 1.29 is 5.11 Å². The van der Waals surface area contributed by atoms with Crippen LogP contribution >= 0.6 is 34.8 Å². The fourth-order valence-corrected chi connectivity index (χ4v) is 1.61. The first-order chi connectivity index (χ1) is 6.48. The van der Waals surface area contributed by atoms with E-state index in [1.54, 1.807) is 0 Å². The van der Waals surface area contributed by atoms with Gasteiger partial charge in [0.25, 0.3) is 0 Å². The third-order valence-electron chi connectivity index (χ3n) is 2.21. The van der Waals surface area contributed by atoms with Crippen LogP contribution in [0.2, 0.25) is 0 Å². The summed E-state index contributed by atoms with van der Waals surface area (Å²) in [5.41, 5.74) is 0. The summed E-state index contributed by atoms with van der Waals surface area (Å²) >= 11 is 16.6. The van der Waals surface area contributed by atoms with E-state index in [1.165, 1.54) is 25.7 Å². The average molecular weight is 262 g/mol. The van der Waals surface area contributed by atoms with Gasteiger partial charge in [-0.15, -0.1) is 0 Å². The first kappa shape index (κ1) is 14.8. The molecule has 1 unspecified atom stereocenters. The second kappa shape index (κ2) is 8.04. The van der Waals surface area contributed by atoms with Crippen molar-refractivity contribution in [1.29, 1.82) is 0 Å². The maximum atomic E-state index is 9.39. The largest absolute Gasteiger partial charge is 0.389 e. The SMILES string of the molecule is CCCCCCCCC(O)C(Cl)(Cl)Cl. The van der Waals surface area contributed by atoms with E-state index in [0.29, 0.717) is 6.42 Å². The predicted octanol–water partition coefficient (Wildman–Crippen LogP) is 4.47. The molecule has 0 radical (unpaired) electrons. The van der Waals surface area contributed by atoms with Crippen molar-refractivity contribution in [2.24, 2.45) is 0 Å². The highest BCUT2D eigenvalue weighted by atomic mass is 35.6. The Bertz CT molecular complexity index is 134. The summed E-state index contributed by atoms with van der Waals surface area (Å²) in [5, 5.41) is 9.39. The van der Waals surface area contributed by atoms with E-state index in [0.717, 1.165) is 12.8 Å². The third-order valence-corrected chi connectivity index (χ3v) is 2.96. The predicted molar refractivity (Wildman–Crippen MR) is 64.3 cm³/mol. The van der Waals surface area contributed by atoms with Crippen molar-refractivity contribution in [3.63, 3.8) is 0 Å². The molecule has 86 valence electrons. The number of unbranched alkanes of at least 4 members (excludes halogenated alkanes) is 5. The van der Waals surface area contributed by atoms with Gasteiger partial charge in [0, 0.05) is 0 Å². The summed E-state index contributed by atoms with van der Waals surface area (Å²) in [6.07, 6.45) is 6.78. The fraction of sp³-hybridized carbons (Fsp3) is 1.00. The number of aliphatic hydroxyl groups excluding tert-OH is 1. The molecule has 14 heavy (non-hydrogen) atoms. The molecule has 0 saturated carbocycles. The molecule has 0 aromatic carbocycles. The highest BCUT2D eigenvalue weighted by Gasteiger charge is 2.29. The van der Waals surface area contributed by atoms with Gasteiger partial charge in [0.1, 0.15) is 6.10 Å². The smallest absolute Gasteiger partial charge is 0.216 e. The molecule has 0 aliphatic carbocycles. The standard InChI is InChI=1S/C10H19Cl3O/c1-2-3-4-5-6-7-8-9(14)10(11,12)13/h9,14H,2-8H2,1H3. The number of halogens is 3. The summed E-state index contributed by atoms with van der Waals surface area (Å²) in [6, 6.07) is 0. The van der Waals surface area contributed by atoms with Gasteiger partial charge in [-0.3, -0.25) is 0 Å². The molecule has 0 aliphatic rings. The Morgan fingerprint density at radius 3 is 2.00 bits per heavy atom. The Morgan fingerprint density at radius 2 is 1.50 bits per heavy atom. The minimum atomic E-state index is -1.52. The van der Waals surface area contributed by atoms with Gasteiger partial charge in [0.15, 0.2) is 0 Å². The van der Waals surface area contributed by atoms with Crippen LogP contribution in [-0.2, 0) is 0 Å². The fourth-order valence-electron chi connectivity index (χ4n) is 1.28. The van der Waals surface area contributed by atoms with Crippen molar-refractivity contribution in [2.45, 2.75) is 61.8 Å². The summed E-state index contributed by atoms with van der Waals surface area (Å²) in [4.78, 5) is 0. The average Bonchev–Trinajstić information content (AvgIpc) is 2.09. The van der Waals surface area contributed by atoms with Gasteiger partial charge >= 0.3 is 0 Å². The monoisotopic (exact) mass is 260 g/mol. The Labute approximate surface area is 102 Å². The number of hydrogen-bond donors (Lipinski definition) is 1. The van der Waals surface area contributed by atoms with E-state index in [1.807, 2.05) is 0 Å². The number of alkyl halides is 3. The van der Waals surface area contributed by atoms with Crippen LogP contribution in [0.4, 0.5) is 0 Å². The van der Waals surface area contributed by atoms with E-state index >= 15 is 0 Å². The molecule has 1 nitrogen and oxygen atoms in total. The number of aliphatic hydroxyl groups is 1. The Balaban J connectivity index is 3.28. The minimum Gasteiger partial charge on any atom is -0.389 e. The third kappa shape index (κ3) is 8.16. The van der Waals surface area contributed by atoms with Gasteiger partial charge in [-0.2, -0.15) is 0 Å². The van der Waals surface area contributed by atoms with Crippen LogP contribution in [-0.4, -0.2) is 15.0 Å². The van der Waals surface area contributed by atoms with Crippen LogP contribution in [0.25, 0.3) is 0 Å². The van der Waals surface area contributed by atoms with Crippen LogP contribution in [0.1, 0.15) is 51.9 Å². The minimum absolute atomic E-state index is 0.572. The molecule has 0 fully saturated rings. The second-order valence-corrected chi connectivity index (χ2v) is 5.98. The van der Waals surface area contributed by atoms with Crippen LogP contribution < -0.4 is 0 Å². The molecule has 0 aliphatic heterocycles. The van der Waals surface area contributed by atoms with Gasteiger partial charge in [-0.25, -0.2) is 0 Å². The molecule has 0 bridgehead atoms. The van der Waals surface area contributed by atoms with Crippen LogP contribution in [0.15, 0.2) is 0 Å². The van der Waals surface area contributed by atoms with Gasteiger partial charge in [-0.05, 0) is 6.42 Å². The van der Waals surface area contributed by atoms with Crippen molar-refractivity contribution in [3.05, 3.63) is 0 Å². The van der Waals surface area contributed by atoms with Crippen LogP contribution in [0.3, 0.4) is 0 Å². The summed E-state index contributed by atoms with van der Waals surface area (Å²) in [6.45, 7) is 2.19. The summed E-state index contributed by atoms with van der Waals surface area (Å²) in [7, 11) is 0. The second-order valence-electron chi connectivity index (χ2n) is 3.61. The molecule has 1 atom stereocenters. The van der Waals surface area contributed by atoms with E-state index in [9.17, 15) is 5.11 Å². The zero-order valence-electron chi connectivity index (χ0n) is 8.61. The van der Waals surface area contributed by atoms with E-state index in [-0.39, 0.29) is 0 Å². The Morgan fingerprint density at radius 1 is 1.00 bits per heavy atom. The summed E-state index contributed by atoms with van der Waals surface area (Å²) < 4.78 is -1.52. The highest BCUT2D eigenvalue weighted by Crippen LogP contribution is 2.32. The quantitative estimate of drug-likeness (QED) is 0.530. The van der Waals surface area contributed by atoms with Crippen LogP contribution in [0.5, 0.6) is 0 Å². The van der Waals surface area contributed by atoms with Gasteiger partial charge in [0.2, 0.25) is 3.79 Å². The lowest BCUT2D eigenvalue weighted by atomic mass is 10.1. The highest BCUT2D eigenvalue weighted by molar-refractivity contribution is 6.68. The molecule has 0 aromatic rings. The van der Waals surface area contributed by atoms with Gasteiger partial charge in [-0.1, -0.05) is 80.3 Å². The lowest BCUT2D eigenvalue weighted by Crippen LogP contribution is -2.24. The molecule has 0 spiro atoms. The molecular formula is C10H19Cl3O. The molecule has 4 heteroatoms. The van der Waals surface area contributed by atoms with Crippen molar-refractivity contribution in [3.8, 4) is 0 Å². The first-order valence-corrected chi connectivity index (χ1v) is 6.36. The van der Waals surface area contributed by atoms with Crippen molar-refractivity contribution in [1.82, 2.24) is 0 Å². The zero-order chi connectivity index (χ0) is 11.0. The van der Waals surface area contributed by atoms with Crippen LogP contribution in [0, 0.1) is 0 Å². The van der Waals surface area contributed by atoms with E-state index < -0.39 is 9.90 Å². The molecule has 0 heterocycles. The number of hydrogen-bond acceptors (Lipinski definition) is 1. The molecular weight excluding hydrogens is 242 g/mol. The van der Waals surface area contributed by atoms with Crippen molar-refractivity contribution >= 4 is 34.8 Å². The first-order valence-electron chi connectivity index (χ1n) is 5.23. The van der Waals surface area contributed by atoms with E-state index in [4.69, 9.17) is 34.8 Å². The molecule has 0 rings (SSSR count). The van der Waals surface area contributed by atoms with Gasteiger partial charge in [0.05, 0.1) is 0 Å². The zero-order valence-corrected chi connectivity index (χ0v) is 10.9. The Hall–Kier alpha value is 0.830. The molecule has 0 amide bonds. The lowest BCUT2D eigenvalue weighted by Gasteiger charge is -2.18. The molecule has 0 aromatic heterocycles. The molecule has 0 saturated heterocycles. The maximum Gasteiger partial charge on any atom is 0.216 e. The summed E-state index contributed by atoms with van der Waals surface area (Å²) in [5.74, 6) is 0. The topological polar surface area (TPSA) is 20.2 Å². The Kier molecular flexibility index (Phi) is 8.51. The normalized spacial score (nSPS) is 14.4. The molecule has 1 N–H and O–H groups in total. The maximum absolute atomic E-state index is 9.39.